The Bertz CT molecular complexity index is 703. The Hall–Kier alpha value is -2.44. The van der Waals surface area contributed by atoms with Gasteiger partial charge in [-0.1, -0.05) is 6.92 Å². The van der Waals surface area contributed by atoms with Crippen molar-refractivity contribution in [2.75, 3.05) is 0 Å². The number of nitrogens with zero attached hydrogens (tertiary/aromatic N) is 4. The monoisotopic (exact) mass is 331 g/mol. The van der Waals surface area contributed by atoms with Gasteiger partial charge in [0.1, 0.15) is 0 Å². The molecule has 0 aromatic carbocycles. The summed E-state index contributed by atoms with van der Waals surface area (Å²) < 4.78 is 3.69. The van der Waals surface area contributed by atoms with Crippen molar-refractivity contribution in [1.82, 2.24) is 24.6 Å². The largest absolute Gasteiger partial charge is 0.352 e. The minimum atomic E-state index is -0.0149. The van der Waals surface area contributed by atoms with E-state index in [9.17, 15) is 9.59 Å². The molecule has 2 aromatic rings. The highest BCUT2D eigenvalue weighted by molar-refractivity contribution is 5.96. The second-order valence-corrected chi connectivity index (χ2v) is 6.01. The van der Waals surface area contributed by atoms with E-state index in [1.165, 1.54) is 6.92 Å². The summed E-state index contributed by atoms with van der Waals surface area (Å²) in [5.41, 5.74) is 2.19. The number of aromatic nitrogens is 4. The maximum absolute atomic E-state index is 12.2. The number of Topliss-reactive ketones (excluding diaryl/α,β-unsaturated/α-hetero) is 1. The van der Waals surface area contributed by atoms with E-state index < -0.39 is 0 Å². The fourth-order valence-electron chi connectivity index (χ4n) is 2.86. The Morgan fingerprint density at radius 3 is 2.62 bits per heavy atom. The second kappa shape index (κ2) is 7.90. The number of amides is 1. The molecule has 1 amide bonds. The van der Waals surface area contributed by atoms with Gasteiger partial charge in [-0.15, -0.1) is 0 Å². The molecule has 7 heteroatoms. The zero-order valence-electron chi connectivity index (χ0n) is 14.7. The molecule has 1 atom stereocenters. The summed E-state index contributed by atoms with van der Waals surface area (Å²) in [6, 6.07) is 0.0694. The van der Waals surface area contributed by atoms with E-state index in [1.807, 2.05) is 31.5 Å². The first-order valence-corrected chi connectivity index (χ1v) is 8.22. The molecule has 7 nitrogen and oxygen atoms in total. The molecule has 0 saturated heterocycles. The van der Waals surface area contributed by atoms with Gasteiger partial charge < -0.3 is 9.88 Å². The van der Waals surface area contributed by atoms with Crippen molar-refractivity contribution in [2.45, 2.75) is 59.7 Å². The second-order valence-electron chi connectivity index (χ2n) is 6.01. The van der Waals surface area contributed by atoms with Gasteiger partial charge >= 0.3 is 0 Å². The van der Waals surface area contributed by atoms with Gasteiger partial charge in [0.15, 0.2) is 5.78 Å². The van der Waals surface area contributed by atoms with E-state index in [4.69, 9.17) is 0 Å². The normalized spacial score (nSPS) is 12.2. The van der Waals surface area contributed by atoms with Gasteiger partial charge in [0, 0.05) is 43.6 Å². The first-order chi connectivity index (χ1) is 11.4. The molecule has 0 aliphatic heterocycles. The highest BCUT2D eigenvalue weighted by atomic mass is 16.1. The molecule has 2 heterocycles. The number of carbonyl (C=O) groups excluding carboxylic acids is 2. The number of carbonyl (C=O) groups is 2. The number of aryl methyl sites for hydroxylation is 2. The molecule has 0 bridgehead atoms. The first kappa shape index (κ1) is 17.9. The fraction of sp³-hybridized carbons (Fsp3) is 0.529. The number of hydrogen-bond donors (Lipinski definition) is 1. The highest BCUT2D eigenvalue weighted by Gasteiger charge is 2.16. The van der Waals surface area contributed by atoms with Crippen molar-refractivity contribution in [1.29, 1.82) is 0 Å². The average molecular weight is 331 g/mol. The van der Waals surface area contributed by atoms with Crippen LogP contribution >= 0.6 is 0 Å². The lowest BCUT2D eigenvalue weighted by atomic mass is 10.1. The van der Waals surface area contributed by atoms with Crippen molar-refractivity contribution in [3.05, 3.63) is 35.7 Å². The minimum Gasteiger partial charge on any atom is -0.352 e. The van der Waals surface area contributed by atoms with Gasteiger partial charge in [0.25, 0.3) is 0 Å². The molecule has 0 aliphatic carbocycles. The number of rotatable bonds is 8. The van der Waals surface area contributed by atoms with Gasteiger partial charge in [0.2, 0.25) is 5.91 Å². The van der Waals surface area contributed by atoms with E-state index in [1.54, 1.807) is 17.2 Å². The standard InChI is InChI=1S/C17H25N5O2/c1-5-15(10-21-9-7-18-11-21)19-16(24)6-8-22-13(3)17(14(4)23)12(2)20-22/h7,9,11,15H,5-6,8,10H2,1-4H3,(H,19,24). The van der Waals surface area contributed by atoms with Gasteiger partial charge in [-0.2, -0.15) is 5.10 Å². The lowest BCUT2D eigenvalue weighted by molar-refractivity contribution is -0.122. The Balaban J connectivity index is 1.91. The van der Waals surface area contributed by atoms with E-state index in [-0.39, 0.29) is 17.7 Å². The predicted molar refractivity (Wildman–Crippen MR) is 90.8 cm³/mol. The molecular formula is C17H25N5O2. The number of nitrogens with one attached hydrogen (secondary N) is 1. The zero-order valence-corrected chi connectivity index (χ0v) is 14.7. The molecule has 1 N–H and O–H groups in total. The third-order valence-electron chi connectivity index (χ3n) is 4.13. The first-order valence-electron chi connectivity index (χ1n) is 8.22. The summed E-state index contributed by atoms with van der Waals surface area (Å²) in [6.07, 6.45) is 6.53. The van der Waals surface area contributed by atoms with Crippen LogP contribution in [-0.2, 0) is 17.9 Å². The third-order valence-corrected chi connectivity index (χ3v) is 4.13. The fourth-order valence-corrected chi connectivity index (χ4v) is 2.86. The summed E-state index contributed by atoms with van der Waals surface area (Å²) >= 11 is 0. The van der Waals surface area contributed by atoms with E-state index in [0.29, 0.717) is 30.8 Å². The average Bonchev–Trinajstić information content (AvgIpc) is 3.12. The topological polar surface area (TPSA) is 81.8 Å². The summed E-state index contributed by atoms with van der Waals surface area (Å²) in [6.45, 7) is 8.43. The van der Waals surface area contributed by atoms with Crippen molar-refractivity contribution < 1.29 is 9.59 Å². The van der Waals surface area contributed by atoms with Crippen molar-refractivity contribution in [3.63, 3.8) is 0 Å². The van der Waals surface area contributed by atoms with E-state index in [2.05, 4.69) is 15.4 Å². The molecule has 1 unspecified atom stereocenters. The van der Waals surface area contributed by atoms with Crippen LogP contribution in [0.1, 0.15) is 48.4 Å². The molecule has 2 rings (SSSR count). The van der Waals surface area contributed by atoms with Crippen LogP contribution in [0.3, 0.4) is 0 Å². The number of ketones is 1. The summed E-state index contributed by atoms with van der Waals surface area (Å²) in [4.78, 5) is 27.9. The van der Waals surface area contributed by atoms with E-state index >= 15 is 0 Å². The smallest absolute Gasteiger partial charge is 0.222 e. The van der Waals surface area contributed by atoms with Gasteiger partial charge in [-0.05, 0) is 27.2 Å². The molecule has 0 saturated carbocycles. The van der Waals surface area contributed by atoms with Crippen LogP contribution in [0, 0.1) is 13.8 Å². The van der Waals surface area contributed by atoms with Crippen molar-refractivity contribution >= 4 is 11.7 Å². The molecule has 24 heavy (non-hydrogen) atoms. The minimum absolute atomic E-state index is 0.00656. The molecule has 0 aliphatic rings. The summed E-state index contributed by atoms with van der Waals surface area (Å²) in [5.74, 6) is -0.00836. The Kier molecular flexibility index (Phi) is 5.89. The zero-order chi connectivity index (χ0) is 17.7. The molecular weight excluding hydrogens is 306 g/mol. The van der Waals surface area contributed by atoms with Crippen LogP contribution in [0.2, 0.25) is 0 Å². The van der Waals surface area contributed by atoms with Crippen LogP contribution in [-0.4, -0.2) is 37.1 Å². The summed E-state index contributed by atoms with van der Waals surface area (Å²) in [7, 11) is 0. The molecule has 0 spiro atoms. The Morgan fingerprint density at radius 1 is 1.33 bits per heavy atom. The molecule has 0 fully saturated rings. The summed E-state index contributed by atoms with van der Waals surface area (Å²) in [5, 5.41) is 7.41. The molecule has 130 valence electrons. The molecule has 2 aromatic heterocycles. The van der Waals surface area contributed by atoms with Gasteiger partial charge in [-0.3, -0.25) is 14.3 Å². The van der Waals surface area contributed by atoms with E-state index in [0.717, 1.165) is 12.1 Å². The van der Waals surface area contributed by atoms with Crippen LogP contribution in [0.4, 0.5) is 0 Å². The maximum Gasteiger partial charge on any atom is 0.222 e. The Morgan fingerprint density at radius 2 is 2.08 bits per heavy atom. The van der Waals surface area contributed by atoms with Crippen LogP contribution < -0.4 is 5.32 Å². The van der Waals surface area contributed by atoms with Gasteiger partial charge in [-0.25, -0.2) is 4.98 Å². The SMILES string of the molecule is CCC(Cn1ccnc1)NC(=O)CCn1nc(C)c(C(C)=O)c1C. The van der Waals surface area contributed by atoms with Crippen LogP contribution in [0.25, 0.3) is 0 Å². The lowest BCUT2D eigenvalue weighted by Gasteiger charge is -2.17. The van der Waals surface area contributed by atoms with Crippen molar-refractivity contribution in [3.8, 4) is 0 Å². The Labute approximate surface area is 142 Å². The lowest BCUT2D eigenvalue weighted by Crippen LogP contribution is -2.37. The highest BCUT2D eigenvalue weighted by Crippen LogP contribution is 2.14. The van der Waals surface area contributed by atoms with Crippen molar-refractivity contribution in [2.24, 2.45) is 0 Å². The number of imidazole rings is 1. The molecule has 0 radical (unpaired) electrons. The quantitative estimate of drug-likeness (QED) is 0.749. The van der Waals surface area contributed by atoms with Gasteiger partial charge in [0.05, 0.1) is 17.6 Å². The number of hydrogen-bond acceptors (Lipinski definition) is 4. The van der Waals surface area contributed by atoms with Crippen LogP contribution in [0.15, 0.2) is 18.7 Å². The predicted octanol–water partition coefficient (Wildman–Crippen LogP) is 1.88. The third kappa shape index (κ3) is 4.31. The maximum atomic E-state index is 12.2. The van der Waals surface area contributed by atoms with Crippen LogP contribution in [0.5, 0.6) is 0 Å².